The van der Waals surface area contributed by atoms with Crippen molar-refractivity contribution in [1.29, 1.82) is 5.26 Å². The molecule has 0 bridgehead atoms. The van der Waals surface area contributed by atoms with Crippen molar-refractivity contribution in [2.45, 2.75) is 32.6 Å². The zero-order valence-corrected chi connectivity index (χ0v) is 14.0. The van der Waals surface area contributed by atoms with Gasteiger partial charge in [0.2, 0.25) is 5.78 Å². The second kappa shape index (κ2) is 6.81. The summed E-state index contributed by atoms with van der Waals surface area (Å²) in [6.07, 6.45) is 4.34. The van der Waals surface area contributed by atoms with Crippen molar-refractivity contribution in [3.05, 3.63) is 46.3 Å². The molecule has 0 atom stereocenters. The van der Waals surface area contributed by atoms with E-state index in [0.717, 1.165) is 30.2 Å². The molecule has 6 heteroatoms. The van der Waals surface area contributed by atoms with Crippen LogP contribution in [0.2, 0.25) is 0 Å². The van der Waals surface area contributed by atoms with E-state index in [1.54, 1.807) is 18.2 Å². The summed E-state index contributed by atoms with van der Waals surface area (Å²) < 4.78 is 5.05. The Hall–Kier alpha value is -3.07. The highest BCUT2D eigenvalue weighted by molar-refractivity contribution is 6.02. The number of hydrogen-bond acceptors (Lipinski definition) is 5. The number of aryl methyl sites for hydroxylation is 2. The second-order valence-corrected chi connectivity index (χ2v) is 6.22. The highest BCUT2D eigenvalue weighted by Gasteiger charge is 2.19. The fourth-order valence-electron chi connectivity index (χ4n) is 3.19. The van der Waals surface area contributed by atoms with Crippen molar-refractivity contribution in [3.63, 3.8) is 0 Å². The van der Waals surface area contributed by atoms with Crippen LogP contribution in [0.15, 0.2) is 29.5 Å². The van der Waals surface area contributed by atoms with Gasteiger partial charge in [0.05, 0.1) is 5.56 Å². The van der Waals surface area contributed by atoms with Crippen LogP contribution in [0.3, 0.4) is 0 Å². The number of aromatic nitrogens is 1. The Balaban J connectivity index is 1.78. The number of benzene rings is 1. The molecule has 1 aromatic heterocycles. The highest BCUT2D eigenvalue weighted by atomic mass is 16.5. The normalized spacial score (nSPS) is 14.4. The number of nitrogens with two attached hydrogens (primary N) is 1. The maximum absolute atomic E-state index is 12.2. The number of esters is 1. The molecule has 1 aliphatic carbocycles. The number of ether oxygens (including phenoxy) is 1. The van der Waals surface area contributed by atoms with Crippen LogP contribution in [0.25, 0.3) is 10.9 Å². The molecule has 3 N–H and O–H groups in total. The summed E-state index contributed by atoms with van der Waals surface area (Å²) in [4.78, 5) is 27.5. The molecule has 0 radical (unpaired) electrons. The van der Waals surface area contributed by atoms with Gasteiger partial charge in [0.1, 0.15) is 11.6 Å². The van der Waals surface area contributed by atoms with E-state index < -0.39 is 18.4 Å². The lowest BCUT2D eigenvalue weighted by molar-refractivity contribution is -0.118. The summed E-state index contributed by atoms with van der Waals surface area (Å²) in [5.41, 5.74) is 9.31. The maximum Gasteiger partial charge on any atom is 0.338 e. The van der Waals surface area contributed by atoms with Crippen LogP contribution >= 0.6 is 0 Å². The van der Waals surface area contributed by atoms with Crippen LogP contribution in [-0.2, 0) is 22.4 Å². The largest absolute Gasteiger partial charge is 0.454 e. The predicted octanol–water partition coefficient (Wildman–Crippen LogP) is 2.53. The molecule has 3 rings (SSSR count). The van der Waals surface area contributed by atoms with Crippen molar-refractivity contribution in [2.75, 3.05) is 6.61 Å². The van der Waals surface area contributed by atoms with Gasteiger partial charge in [0, 0.05) is 22.3 Å². The minimum absolute atomic E-state index is 0.115. The summed E-state index contributed by atoms with van der Waals surface area (Å²) in [7, 11) is 0. The molecular weight excluding hydrogens is 318 g/mol. The number of aromatic amines is 1. The second-order valence-electron chi connectivity index (χ2n) is 6.22. The van der Waals surface area contributed by atoms with Gasteiger partial charge in [-0.05, 0) is 56.4 Å². The number of carbonyl (C=O) groups is 2. The molecule has 0 fully saturated rings. The summed E-state index contributed by atoms with van der Waals surface area (Å²) in [6.45, 7) is 0.959. The van der Waals surface area contributed by atoms with Gasteiger partial charge in [-0.25, -0.2) is 4.79 Å². The van der Waals surface area contributed by atoms with Gasteiger partial charge >= 0.3 is 5.97 Å². The number of Topliss-reactive ketones (excluding diaryl/α,β-unsaturated/α-hetero) is 1. The minimum atomic E-state index is -0.601. The van der Waals surface area contributed by atoms with E-state index in [2.05, 4.69) is 4.98 Å². The van der Waals surface area contributed by atoms with Crippen LogP contribution in [0.5, 0.6) is 0 Å². The minimum Gasteiger partial charge on any atom is -0.454 e. The zero-order chi connectivity index (χ0) is 18.0. The molecule has 0 unspecified atom stereocenters. The smallest absolute Gasteiger partial charge is 0.338 e. The van der Waals surface area contributed by atoms with Gasteiger partial charge in [-0.15, -0.1) is 0 Å². The maximum atomic E-state index is 12.2. The predicted molar refractivity (Wildman–Crippen MR) is 92.7 cm³/mol. The Morgan fingerprint density at radius 3 is 2.80 bits per heavy atom. The molecular formula is C19H19N3O3. The molecule has 0 aliphatic heterocycles. The Labute approximate surface area is 145 Å². The number of carbonyl (C=O) groups excluding carboxylic acids is 2. The molecule has 0 spiro atoms. The monoisotopic (exact) mass is 337 g/mol. The number of ketones is 1. The van der Waals surface area contributed by atoms with Gasteiger partial charge in [0.25, 0.3) is 0 Å². The van der Waals surface area contributed by atoms with E-state index in [1.807, 2.05) is 6.07 Å². The third-order valence-electron chi connectivity index (χ3n) is 4.45. The molecule has 0 amide bonds. The van der Waals surface area contributed by atoms with Gasteiger partial charge in [-0.3, -0.25) is 4.79 Å². The van der Waals surface area contributed by atoms with E-state index in [-0.39, 0.29) is 11.3 Å². The molecule has 2 aromatic rings. The average molecular weight is 337 g/mol. The first-order valence-corrected chi connectivity index (χ1v) is 8.21. The van der Waals surface area contributed by atoms with Crippen molar-refractivity contribution >= 4 is 22.7 Å². The fraction of sp³-hybridized carbons (Fsp3) is 0.316. The van der Waals surface area contributed by atoms with Gasteiger partial charge in [-0.2, -0.15) is 5.26 Å². The van der Waals surface area contributed by atoms with E-state index in [0.29, 0.717) is 5.56 Å². The first kappa shape index (κ1) is 16.8. The number of nitriles is 1. The number of hydrogen-bond donors (Lipinski definition) is 2. The van der Waals surface area contributed by atoms with E-state index in [1.165, 1.54) is 24.6 Å². The van der Waals surface area contributed by atoms with Crippen molar-refractivity contribution in [1.82, 2.24) is 4.98 Å². The Bertz CT molecular complexity index is 927. The summed E-state index contributed by atoms with van der Waals surface area (Å²) in [5, 5.41) is 9.94. The fourth-order valence-corrected chi connectivity index (χ4v) is 3.19. The molecule has 6 nitrogen and oxygen atoms in total. The van der Waals surface area contributed by atoms with Crippen molar-refractivity contribution in [2.24, 2.45) is 5.73 Å². The summed E-state index contributed by atoms with van der Waals surface area (Å²) >= 11 is 0. The van der Waals surface area contributed by atoms with Crippen molar-refractivity contribution < 1.29 is 14.3 Å². The number of nitrogens with one attached hydrogen (secondary N) is 1. The quantitative estimate of drug-likeness (QED) is 0.506. The number of rotatable bonds is 4. The zero-order valence-electron chi connectivity index (χ0n) is 14.0. The molecule has 0 saturated heterocycles. The molecule has 1 aromatic carbocycles. The van der Waals surface area contributed by atoms with E-state index >= 15 is 0 Å². The lowest BCUT2D eigenvalue weighted by Gasteiger charge is -2.10. The van der Waals surface area contributed by atoms with Crippen LogP contribution in [-0.4, -0.2) is 23.3 Å². The van der Waals surface area contributed by atoms with E-state index in [9.17, 15) is 9.59 Å². The van der Waals surface area contributed by atoms with Gasteiger partial charge in [-0.1, -0.05) is 0 Å². The molecule has 0 saturated carbocycles. The summed E-state index contributed by atoms with van der Waals surface area (Å²) in [5.74, 6) is -1.19. The van der Waals surface area contributed by atoms with Gasteiger partial charge in [0.15, 0.2) is 6.61 Å². The Morgan fingerprint density at radius 1 is 1.32 bits per heavy atom. The van der Waals surface area contributed by atoms with E-state index in [4.69, 9.17) is 15.7 Å². The van der Waals surface area contributed by atoms with Crippen LogP contribution in [0, 0.1) is 11.3 Å². The SMILES string of the molecule is CC(N)=C(C#N)C(=O)COC(=O)c1ccc2[nH]c3c(c2c1)CCCC3. The summed E-state index contributed by atoms with van der Waals surface area (Å²) in [6, 6.07) is 7.06. The molecule has 1 heterocycles. The lowest BCUT2D eigenvalue weighted by atomic mass is 9.95. The third-order valence-corrected chi connectivity index (χ3v) is 4.45. The van der Waals surface area contributed by atoms with Crippen molar-refractivity contribution in [3.8, 4) is 6.07 Å². The average Bonchev–Trinajstić information content (AvgIpc) is 2.97. The standard InChI is InChI=1S/C19H19N3O3/c1-11(21)15(9-20)18(23)10-25-19(24)12-6-7-17-14(8-12)13-4-2-3-5-16(13)22-17/h6-8,22H,2-5,10,21H2,1H3. The van der Waals surface area contributed by atoms with Gasteiger partial charge < -0.3 is 15.5 Å². The Kier molecular flexibility index (Phi) is 4.57. The molecule has 1 aliphatic rings. The van der Waals surface area contributed by atoms with Crippen LogP contribution in [0.4, 0.5) is 0 Å². The number of H-pyrrole nitrogens is 1. The number of fused-ring (bicyclic) bond motifs is 3. The first-order chi connectivity index (χ1) is 12.0. The van der Waals surface area contributed by atoms with Crippen LogP contribution in [0.1, 0.15) is 41.4 Å². The number of allylic oxidation sites excluding steroid dienone is 1. The highest BCUT2D eigenvalue weighted by Crippen LogP contribution is 2.29. The van der Waals surface area contributed by atoms with Crippen LogP contribution < -0.4 is 5.73 Å². The third kappa shape index (κ3) is 3.26. The Morgan fingerprint density at radius 2 is 2.08 bits per heavy atom. The topological polar surface area (TPSA) is 109 Å². The number of nitrogens with zero attached hydrogens (tertiary/aromatic N) is 1. The lowest BCUT2D eigenvalue weighted by Crippen LogP contribution is -2.17. The molecule has 25 heavy (non-hydrogen) atoms. The first-order valence-electron chi connectivity index (χ1n) is 8.21. The molecule has 128 valence electrons.